The van der Waals surface area contributed by atoms with E-state index in [1.165, 1.54) is 0 Å². The SMILES string of the molecule is CNCC1CCN(S(=O)(=O)c2cc(C)c(OC)cc2C)C1.Cl. The first-order valence-electron chi connectivity index (χ1n) is 7.20. The van der Waals surface area contributed by atoms with Gasteiger partial charge in [-0.15, -0.1) is 12.4 Å². The van der Waals surface area contributed by atoms with Gasteiger partial charge in [0.15, 0.2) is 0 Å². The number of hydrogen-bond donors (Lipinski definition) is 1. The molecule has 5 nitrogen and oxygen atoms in total. The molecule has 126 valence electrons. The van der Waals surface area contributed by atoms with Gasteiger partial charge in [0.1, 0.15) is 5.75 Å². The predicted octanol–water partition coefficient (Wildman–Crippen LogP) is 1.96. The normalized spacial score (nSPS) is 19.0. The van der Waals surface area contributed by atoms with Crippen LogP contribution in [0.25, 0.3) is 0 Å². The van der Waals surface area contributed by atoms with Crippen LogP contribution in [0, 0.1) is 19.8 Å². The molecule has 0 aliphatic carbocycles. The molecule has 1 heterocycles. The molecule has 1 saturated heterocycles. The Labute approximate surface area is 139 Å². The van der Waals surface area contributed by atoms with Crippen molar-refractivity contribution in [2.45, 2.75) is 25.2 Å². The molecule has 1 aliphatic heterocycles. The molecule has 1 fully saturated rings. The summed E-state index contributed by atoms with van der Waals surface area (Å²) in [5, 5.41) is 3.12. The van der Waals surface area contributed by atoms with Gasteiger partial charge in [-0.2, -0.15) is 4.31 Å². The molecule has 7 heteroatoms. The first-order valence-corrected chi connectivity index (χ1v) is 8.64. The van der Waals surface area contributed by atoms with E-state index in [9.17, 15) is 8.42 Å². The molecule has 2 rings (SSSR count). The zero-order valence-corrected chi connectivity index (χ0v) is 15.2. The Morgan fingerprint density at radius 3 is 2.59 bits per heavy atom. The number of halogens is 1. The van der Waals surface area contributed by atoms with Gasteiger partial charge in [-0.25, -0.2) is 8.42 Å². The molecule has 1 aliphatic rings. The summed E-state index contributed by atoms with van der Waals surface area (Å²) in [7, 11) is 0.0749. The summed E-state index contributed by atoms with van der Waals surface area (Å²) in [6, 6.07) is 3.51. The minimum Gasteiger partial charge on any atom is -0.496 e. The maximum atomic E-state index is 12.8. The molecule has 1 N–H and O–H groups in total. The Kier molecular flexibility index (Phi) is 6.67. The van der Waals surface area contributed by atoms with E-state index < -0.39 is 10.0 Å². The molecule has 1 atom stereocenters. The Bertz CT molecular complexity index is 619. The van der Waals surface area contributed by atoms with Crippen molar-refractivity contribution < 1.29 is 13.2 Å². The van der Waals surface area contributed by atoms with E-state index in [-0.39, 0.29) is 12.4 Å². The van der Waals surface area contributed by atoms with Gasteiger partial charge in [-0.05, 0) is 63.0 Å². The highest BCUT2D eigenvalue weighted by Gasteiger charge is 2.33. The van der Waals surface area contributed by atoms with Crippen LogP contribution in [-0.4, -0.2) is 46.5 Å². The highest BCUT2D eigenvalue weighted by molar-refractivity contribution is 7.89. The Morgan fingerprint density at radius 1 is 1.32 bits per heavy atom. The number of methoxy groups -OCH3 is 1. The van der Waals surface area contributed by atoms with Crippen molar-refractivity contribution in [3.63, 3.8) is 0 Å². The van der Waals surface area contributed by atoms with Crippen molar-refractivity contribution in [2.24, 2.45) is 5.92 Å². The van der Waals surface area contributed by atoms with Crippen LogP contribution in [0.1, 0.15) is 17.5 Å². The van der Waals surface area contributed by atoms with E-state index in [1.54, 1.807) is 23.5 Å². The second kappa shape index (κ2) is 7.64. The molecule has 0 radical (unpaired) electrons. The average molecular weight is 349 g/mol. The fraction of sp³-hybridized carbons (Fsp3) is 0.600. The van der Waals surface area contributed by atoms with Gasteiger partial charge in [-0.1, -0.05) is 0 Å². The molecule has 0 aromatic heterocycles. The van der Waals surface area contributed by atoms with Crippen LogP contribution in [0.3, 0.4) is 0 Å². The largest absolute Gasteiger partial charge is 0.496 e. The molecule has 22 heavy (non-hydrogen) atoms. The van der Waals surface area contributed by atoms with E-state index in [1.807, 2.05) is 20.9 Å². The molecular weight excluding hydrogens is 324 g/mol. The molecule has 0 bridgehead atoms. The Morgan fingerprint density at radius 2 is 2.00 bits per heavy atom. The second-order valence-corrected chi connectivity index (χ2v) is 7.57. The molecule has 0 amide bonds. The predicted molar refractivity (Wildman–Crippen MR) is 90.5 cm³/mol. The summed E-state index contributed by atoms with van der Waals surface area (Å²) in [4.78, 5) is 0.394. The molecule has 1 unspecified atom stereocenters. The number of sulfonamides is 1. The maximum absolute atomic E-state index is 12.8. The van der Waals surface area contributed by atoms with Crippen LogP contribution >= 0.6 is 12.4 Å². The van der Waals surface area contributed by atoms with E-state index in [0.717, 1.165) is 29.8 Å². The molecule has 0 saturated carbocycles. The van der Waals surface area contributed by atoms with E-state index in [2.05, 4.69) is 5.32 Å². The van der Waals surface area contributed by atoms with Crippen molar-refractivity contribution in [1.29, 1.82) is 0 Å². The van der Waals surface area contributed by atoms with Crippen LogP contribution in [0.5, 0.6) is 5.75 Å². The Hall–Kier alpha value is -0.820. The van der Waals surface area contributed by atoms with Gasteiger partial charge in [0, 0.05) is 13.1 Å². The van der Waals surface area contributed by atoms with Crippen LogP contribution in [0.4, 0.5) is 0 Å². The third-order valence-electron chi connectivity index (χ3n) is 4.05. The van der Waals surface area contributed by atoms with Gasteiger partial charge >= 0.3 is 0 Å². The average Bonchev–Trinajstić information content (AvgIpc) is 2.90. The van der Waals surface area contributed by atoms with Crippen molar-refractivity contribution in [1.82, 2.24) is 9.62 Å². The van der Waals surface area contributed by atoms with E-state index >= 15 is 0 Å². The third-order valence-corrected chi connectivity index (χ3v) is 6.06. The zero-order chi connectivity index (χ0) is 15.6. The zero-order valence-electron chi connectivity index (χ0n) is 13.5. The number of ether oxygens (including phenoxy) is 1. The van der Waals surface area contributed by atoms with E-state index in [4.69, 9.17) is 4.74 Å². The fourth-order valence-corrected chi connectivity index (χ4v) is 4.69. The highest BCUT2D eigenvalue weighted by Crippen LogP contribution is 2.30. The Balaban J connectivity index is 0.00000242. The first kappa shape index (κ1) is 19.2. The lowest BCUT2D eigenvalue weighted by Crippen LogP contribution is -2.31. The van der Waals surface area contributed by atoms with Crippen LogP contribution in [0.15, 0.2) is 17.0 Å². The molecule has 1 aromatic carbocycles. The van der Waals surface area contributed by atoms with Crippen molar-refractivity contribution in [3.8, 4) is 5.75 Å². The van der Waals surface area contributed by atoms with Crippen molar-refractivity contribution in [2.75, 3.05) is 33.8 Å². The number of nitrogens with one attached hydrogen (secondary N) is 1. The number of hydrogen-bond acceptors (Lipinski definition) is 4. The first-order chi connectivity index (χ1) is 9.90. The van der Waals surface area contributed by atoms with Crippen LogP contribution in [0.2, 0.25) is 0 Å². The van der Waals surface area contributed by atoms with Gasteiger partial charge in [0.25, 0.3) is 0 Å². The smallest absolute Gasteiger partial charge is 0.243 e. The number of nitrogens with zero attached hydrogens (tertiary/aromatic N) is 1. The summed E-state index contributed by atoms with van der Waals surface area (Å²) in [5.41, 5.74) is 1.57. The summed E-state index contributed by atoms with van der Waals surface area (Å²) in [5.74, 6) is 1.12. The fourth-order valence-electron chi connectivity index (χ4n) is 2.87. The summed E-state index contributed by atoms with van der Waals surface area (Å²) < 4.78 is 32.5. The minimum absolute atomic E-state index is 0. The molecular formula is C15H25ClN2O3S. The minimum atomic E-state index is -3.42. The van der Waals surface area contributed by atoms with E-state index in [0.29, 0.717) is 23.9 Å². The maximum Gasteiger partial charge on any atom is 0.243 e. The van der Waals surface area contributed by atoms with Crippen LogP contribution < -0.4 is 10.1 Å². The monoisotopic (exact) mass is 348 g/mol. The van der Waals surface area contributed by atoms with Gasteiger partial charge in [0.05, 0.1) is 12.0 Å². The summed E-state index contributed by atoms with van der Waals surface area (Å²) in [6.07, 6.45) is 0.911. The van der Waals surface area contributed by atoms with Crippen LogP contribution in [-0.2, 0) is 10.0 Å². The summed E-state index contributed by atoms with van der Waals surface area (Å²) in [6.45, 7) is 5.72. The van der Waals surface area contributed by atoms with Crippen molar-refractivity contribution in [3.05, 3.63) is 23.3 Å². The highest BCUT2D eigenvalue weighted by atomic mass is 35.5. The lowest BCUT2D eigenvalue weighted by Gasteiger charge is -2.19. The third kappa shape index (κ3) is 3.74. The lowest BCUT2D eigenvalue weighted by molar-refractivity contribution is 0.410. The van der Waals surface area contributed by atoms with Crippen molar-refractivity contribution >= 4 is 22.4 Å². The quantitative estimate of drug-likeness (QED) is 0.883. The van der Waals surface area contributed by atoms with Gasteiger partial charge in [-0.3, -0.25) is 0 Å². The number of aryl methyl sites for hydroxylation is 2. The lowest BCUT2D eigenvalue weighted by atomic mass is 10.1. The second-order valence-electron chi connectivity index (χ2n) is 5.66. The summed E-state index contributed by atoms with van der Waals surface area (Å²) >= 11 is 0. The molecule has 1 aromatic rings. The molecule has 0 spiro atoms. The number of rotatable bonds is 5. The van der Waals surface area contributed by atoms with Gasteiger partial charge < -0.3 is 10.1 Å². The van der Waals surface area contributed by atoms with Gasteiger partial charge in [0.2, 0.25) is 10.0 Å². The number of benzene rings is 1. The topological polar surface area (TPSA) is 58.6 Å². The standard InChI is InChI=1S/C15H24N2O3S.ClH/c1-11-8-15(12(2)7-14(11)20-4)21(18,19)17-6-5-13(10-17)9-16-3;/h7-8,13,16H,5-6,9-10H2,1-4H3;1H.